The van der Waals surface area contributed by atoms with E-state index in [1.54, 1.807) is 0 Å². The molecule has 29 heavy (non-hydrogen) atoms. The van der Waals surface area contributed by atoms with Crippen LogP contribution < -0.4 is 5.32 Å². The molecule has 1 unspecified atom stereocenters. The third kappa shape index (κ3) is 4.23. The Kier molecular flexibility index (Phi) is 5.74. The number of nitrogens with zero attached hydrogens (tertiary/aromatic N) is 4. The molecule has 2 aliphatic heterocycles. The van der Waals surface area contributed by atoms with Gasteiger partial charge >= 0.3 is 0 Å². The minimum Gasteiger partial charge on any atom is -0.325 e. The van der Waals surface area contributed by atoms with Crippen LogP contribution in [0.4, 0.5) is 5.69 Å². The monoisotopic (exact) mass is 395 g/mol. The highest BCUT2D eigenvalue weighted by molar-refractivity contribution is 5.95. The van der Waals surface area contributed by atoms with Gasteiger partial charge in [-0.15, -0.1) is 0 Å². The molecule has 2 aromatic rings. The second-order valence-electron chi connectivity index (χ2n) is 8.84. The Morgan fingerprint density at radius 2 is 1.97 bits per heavy atom. The van der Waals surface area contributed by atoms with E-state index in [4.69, 9.17) is 0 Å². The molecule has 0 saturated carbocycles. The molecule has 1 N–H and O–H groups in total. The van der Waals surface area contributed by atoms with Gasteiger partial charge < -0.3 is 5.32 Å². The summed E-state index contributed by atoms with van der Waals surface area (Å²) in [4.78, 5) is 17.7. The van der Waals surface area contributed by atoms with Crippen LogP contribution in [-0.4, -0.2) is 58.2 Å². The van der Waals surface area contributed by atoms with Gasteiger partial charge in [0.2, 0.25) is 5.91 Å². The number of amides is 1. The SMILES string of the molecule is CCn1ncc(CN2CCC3(CC2)CC(C(=O)Nc2ccccc2)N(C)C3)c1C. The molecule has 1 amide bonds. The highest BCUT2D eigenvalue weighted by Crippen LogP contribution is 2.43. The fraction of sp³-hybridized carbons (Fsp3) is 0.565. The van der Waals surface area contributed by atoms with Crippen LogP contribution in [0.25, 0.3) is 0 Å². The summed E-state index contributed by atoms with van der Waals surface area (Å²) in [7, 11) is 2.10. The van der Waals surface area contributed by atoms with Crippen molar-refractivity contribution in [2.45, 2.75) is 52.2 Å². The Labute approximate surface area is 173 Å². The standard InChI is InChI=1S/C23H33N5O/c1-4-28-18(2)19(15-24-28)16-27-12-10-23(11-13-27)14-21(26(3)17-23)22(29)25-20-8-6-5-7-9-20/h5-9,15,21H,4,10-14,16-17H2,1-3H3,(H,25,29). The number of anilines is 1. The predicted molar refractivity (Wildman–Crippen MR) is 116 cm³/mol. The number of likely N-dealkylation sites (tertiary alicyclic amines) is 2. The van der Waals surface area contributed by atoms with Crippen molar-refractivity contribution >= 4 is 11.6 Å². The summed E-state index contributed by atoms with van der Waals surface area (Å²) in [6.07, 6.45) is 5.31. The van der Waals surface area contributed by atoms with E-state index in [0.29, 0.717) is 0 Å². The number of nitrogens with one attached hydrogen (secondary N) is 1. The van der Waals surface area contributed by atoms with Crippen LogP contribution in [0, 0.1) is 12.3 Å². The quantitative estimate of drug-likeness (QED) is 0.845. The fourth-order valence-corrected chi connectivity index (χ4v) is 5.06. The molecule has 1 atom stereocenters. The van der Waals surface area contributed by atoms with Crippen LogP contribution in [0.15, 0.2) is 36.5 Å². The minimum atomic E-state index is -0.0354. The Bertz CT molecular complexity index is 838. The number of hydrogen-bond donors (Lipinski definition) is 1. The summed E-state index contributed by atoms with van der Waals surface area (Å²) in [6, 6.07) is 9.74. The molecule has 1 spiro atoms. The number of piperidine rings is 1. The topological polar surface area (TPSA) is 53.4 Å². The van der Waals surface area contributed by atoms with E-state index < -0.39 is 0 Å². The van der Waals surface area contributed by atoms with Crippen molar-refractivity contribution in [3.05, 3.63) is 47.8 Å². The highest BCUT2D eigenvalue weighted by Gasteiger charge is 2.46. The molecule has 4 rings (SSSR count). The largest absolute Gasteiger partial charge is 0.325 e. The molecule has 156 valence electrons. The second kappa shape index (κ2) is 8.28. The molecule has 0 aliphatic carbocycles. The Hall–Kier alpha value is -2.18. The van der Waals surface area contributed by atoms with Gasteiger partial charge in [-0.2, -0.15) is 5.10 Å². The number of hydrogen-bond acceptors (Lipinski definition) is 4. The van der Waals surface area contributed by atoms with Gasteiger partial charge in [0.25, 0.3) is 0 Å². The van der Waals surface area contributed by atoms with Gasteiger partial charge in [0.05, 0.1) is 12.2 Å². The summed E-state index contributed by atoms with van der Waals surface area (Å²) in [5.41, 5.74) is 3.77. The van der Waals surface area contributed by atoms with E-state index in [1.165, 1.54) is 11.3 Å². The molecule has 6 nitrogen and oxygen atoms in total. The summed E-state index contributed by atoms with van der Waals surface area (Å²) in [5.74, 6) is 0.126. The van der Waals surface area contributed by atoms with E-state index in [1.807, 2.05) is 36.5 Å². The van der Waals surface area contributed by atoms with Crippen molar-refractivity contribution in [3.63, 3.8) is 0 Å². The maximum atomic E-state index is 12.9. The van der Waals surface area contributed by atoms with Crippen LogP contribution in [0.3, 0.4) is 0 Å². The van der Waals surface area contributed by atoms with Crippen molar-refractivity contribution in [2.75, 3.05) is 32.0 Å². The maximum absolute atomic E-state index is 12.9. The molecule has 6 heteroatoms. The first-order chi connectivity index (χ1) is 14.0. The highest BCUT2D eigenvalue weighted by atomic mass is 16.2. The molecule has 2 fully saturated rings. The number of aryl methyl sites for hydroxylation is 1. The van der Waals surface area contributed by atoms with Crippen molar-refractivity contribution in [1.29, 1.82) is 0 Å². The Morgan fingerprint density at radius 1 is 1.24 bits per heavy atom. The Morgan fingerprint density at radius 3 is 2.62 bits per heavy atom. The van der Waals surface area contributed by atoms with E-state index in [0.717, 1.165) is 57.7 Å². The molecule has 1 aromatic carbocycles. The number of carbonyl (C=O) groups is 1. The zero-order valence-electron chi connectivity index (χ0n) is 17.9. The number of aromatic nitrogens is 2. The van der Waals surface area contributed by atoms with E-state index in [-0.39, 0.29) is 17.4 Å². The van der Waals surface area contributed by atoms with Crippen LogP contribution in [0.5, 0.6) is 0 Å². The van der Waals surface area contributed by atoms with Crippen molar-refractivity contribution in [2.24, 2.45) is 5.41 Å². The summed E-state index contributed by atoms with van der Waals surface area (Å²) >= 11 is 0. The fourth-order valence-electron chi connectivity index (χ4n) is 5.06. The van der Waals surface area contributed by atoms with Crippen LogP contribution in [-0.2, 0) is 17.9 Å². The summed E-state index contributed by atoms with van der Waals surface area (Å²) in [5, 5.41) is 7.57. The van der Waals surface area contributed by atoms with Crippen molar-refractivity contribution < 1.29 is 4.79 Å². The van der Waals surface area contributed by atoms with Crippen molar-refractivity contribution in [1.82, 2.24) is 19.6 Å². The maximum Gasteiger partial charge on any atom is 0.241 e. The first-order valence-electron chi connectivity index (χ1n) is 10.8. The van der Waals surface area contributed by atoms with Gasteiger partial charge in [0.15, 0.2) is 0 Å². The molecule has 0 radical (unpaired) electrons. The Balaban J connectivity index is 1.33. The molecule has 0 bridgehead atoms. The number of para-hydroxylation sites is 1. The van der Waals surface area contributed by atoms with E-state index >= 15 is 0 Å². The lowest BCUT2D eigenvalue weighted by molar-refractivity contribution is -0.120. The third-order valence-electron chi connectivity index (χ3n) is 6.90. The number of likely N-dealkylation sites (N-methyl/N-ethyl adjacent to an activating group) is 1. The normalized spacial score (nSPS) is 22.2. The molecular weight excluding hydrogens is 362 g/mol. The molecule has 2 saturated heterocycles. The zero-order chi connectivity index (χ0) is 20.4. The smallest absolute Gasteiger partial charge is 0.241 e. The predicted octanol–water partition coefficient (Wildman–Crippen LogP) is 3.14. The molecule has 3 heterocycles. The second-order valence-corrected chi connectivity index (χ2v) is 8.84. The van der Waals surface area contributed by atoms with Crippen molar-refractivity contribution in [3.8, 4) is 0 Å². The summed E-state index contributed by atoms with van der Waals surface area (Å²) < 4.78 is 2.07. The van der Waals surface area contributed by atoms with Crippen LogP contribution >= 0.6 is 0 Å². The lowest BCUT2D eigenvalue weighted by atomic mass is 9.76. The number of carbonyl (C=O) groups excluding carboxylic acids is 1. The first kappa shape index (κ1) is 20.1. The van der Waals surface area contributed by atoms with Gasteiger partial charge in [-0.25, -0.2) is 0 Å². The number of benzene rings is 1. The lowest BCUT2D eigenvalue weighted by Crippen LogP contribution is -2.40. The average molecular weight is 396 g/mol. The van der Waals surface area contributed by atoms with Crippen LogP contribution in [0.1, 0.15) is 37.4 Å². The summed E-state index contributed by atoms with van der Waals surface area (Å²) in [6.45, 7) is 9.41. The average Bonchev–Trinajstić information content (AvgIpc) is 3.24. The molecule has 2 aliphatic rings. The number of rotatable bonds is 5. The lowest BCUT2D eigenvalue weighted by Gasteiger charge is -2.39. The third-order valence-corrected chi connectivity index (χ3v) is 6.90. The minimum absolute atomic E-state index is 0.0354. The molecule has 1 aromatic heterocycles. The molecular formula is C23H33N5O. The first-order valence-corrected chi connectivity index (χ1v) is 10.8. The van der Waals surface area contributed by atoms with Gasteiger partial charge in [0.1, 0.15) is 0 Å². The van der Waals surface area contributed by atoms with Crippen LogP contribution in [0.2, 0.25) is 0 Å². The zero-order valence-corrected chi connectivity index (χ0v) is 17.9. The van der Waals surface area contributed by atoms with E-state index in [2.05, 4.69) is 45.8 Å². The van der Waals surface area contributed by atoms with Gasteiger partial charge in [0, 0.05) is 36.6 Å². The van der Waals surface area contributed by atoms with Gasteiger partial charge in [-0.05, 0) is 70.8 Å². The van der Waals surface area contributed by atoms with Gasteiger partial charge in [-0.3, -0.25) is 19.3 Å². The van der Waals surface area contributed by atoms with E-state index in [9.17, 15) is 4.79 Å². The van der Waals surface area contributed by atoms with Gasteiger partial charge in [-0.1, -0.05) is 18.2 Å².